The summed E-state index contributed by atoms with van der Waals surface area (Å²) in [4.78, 5) is 27.4. The third-order valence-electron chi connectivity index (χ3n) is 10.9. The number of nitrogens with zero attached hydrogens (tertiary/aromatic N) is 1. The molecule has 0 bridgehead atoms. The predicted octanol–water partition coefficient (Wildman–Crippen LogP) is 6.42. The van der Waals surface area contributed by atoms with Gasteiger partial charge in [-0.25, -0.2) is 13.2 Å². The average Bonchev–Trinajstić information content (AvgIpc) is 3.69. The first-order valence-electron chi connectivity index (χ1n) is 19.0. The number of alkyl carbamates (subject to hydrolysis) is 1. The molecule has 11 nitrogen and oxygen atoms in total. The number of amides is 2. The maximum atomic E-state index is 16.8. The standard InChI is InChI=1S/C40H52BF2N3O8S/c1-37(2,3)52-36(48)44-30-20-22-46(23-21-30)35(47)34(40(42,43)28-14-16-29(17-15-28)41-53-38(4,5)39(6,7)54-41)45-55(49,50)33-19-13-26-24-32(18-12-27(26)25-33)51-31-10-8-9-11-31/h12-19,24-25,30-31,34,45H,8-11,20-23H2,1-7H3,(H,44,48). The zero-order chi connectivity index (χ0) is 40.0. The van der Waals surface area contributed by atoms with Crippen LogP contribution in [0.4, 0.5) is 13.6 Å². The Morgan fingerprint density at radius 1 is 0.873 bits per heavy atom. The van der Waals surface area contributed by atoms with Gasteiger partial charge in [-0.15, -0.1) is 0 Å². The van der Waals surface area contributed by atoms with E-state index in [2.05, 4.69) is 10.0 Å². The lowest BCUT2D eigenvalue weighted by molar-refractivity contribution is -0.145. The molecule has 2 N–H and O–H groups in total. The van der Waals surface area contributed by atoms with Crippen LogP contribution in [0, 0.1) is 0 Å². The number of sulfonamides is 1. The lowest BCUT2D eigenvalue weighted by atomic mass is 9.78. The smallest absolute Gasteiger partial charge is 0.490 e. The van der Waals surface area contributed by atoms with Gasteiger partial charge < -0.3 is 29.0 Å². The van der Waals surface area contributed by atoms with Crippen LogP contribution in [-0.4, -0.2) is 80.5 Å². The van der Waals surface area contributed by atoms with Crippen molar-refractivity contribution >= 4 is 45.4 Å². The second kappa shape index (κ2) is 15.3. The third kappa shape index (κ3) is 9.27. The van der Waals surface area contributed by atoms with Crippen LogP contribution in [-0.2, 0) is 34.8 Å². The summed E-state index contributed by atoms with van der Waals surface area (Å²) in [7, 11) is -5.48. The molecule has 0 aromatic heterocycles. The van der Waals surface area contributed by atoms with E-state index in [4.69, 9.17) is 18.8 Å². The molecule has 2 saturated heterocycles. The zero-order valence-corrected chi connectivity index (χ0v) is 33.4. The van der Waals surface area contributed by atoms with Gasteiger partial charge in [0.25, 0.3) is 5.92 Å². The summed E-state index contributed by atoms with van der Waals surface area (Å²) in [5.41, 5.74) is -2.09. The highest BCUT2D eigenvalue weighted by Gasteiger charge is 2.53. The van der Waals surface area contributed by atoms with Crippen molar-refractivity contribution in [1.82, 2.24) is 14.9 Å². The zero-order valence-electron chi connectivity index (χ0n) is 32.6. The van der Waals surface area contributed by atoms with Crippen molar-refractivity contribution in [3.8, 4) is 5.75 Å². The monoisotopic (exact) mass is 783 g/mol. The molecule has 3 fully saturated rings. The van der Waals surface area contributed by atoms with Gasteiger partial charge in [0.2, 0.25) is 15.9 Å². The Morgan fingerprint density at radius 3 is 2.05 bits per heavy atom. The number of hydrogen-bond donors (Lipinski definition) is 2. The van der Waals surface area contributed by atoms with Gasteiger partial charge in [-0.05, 0) is 127 Å². The molecule has 2 amide bonds. The van der Waals surface area contributed by atoms with Crippen LogP contribution in [0.1, 0.15) is 92.6 Å². The molecule has 15 heteroatoms. The first kappa shape index (κ1) is 40.9. The highest BCUT2D eigenvalue weighted by molar-refractivity contribution is 7.89. The van der Waals surface area contributed by atoms with Crippen molar-refractivity contribution in [1.29, 1.82) is 0 Å². The van der Waals surface area contributed by atoms with Crippen molar-refractivity contribution in [2.75, 3.05) is 13.1 Å². The number of likely N-dealkylation sites (tertiary alicyclic amines) is 1. The quantitative estimate of drug-likeness (QED) is 0.226. The Kier molecular flexibility index (Phi) is 11.4. The van der Waals surface area contributed by atoms with Gasteiger partial charge in [0.05, 0.1) is 22.2 Å². The summed E-state index contributed by atoms with van der Waals surface area (Å²) in [6.07, 6.45) is 4.24. The molecule has 2 aliphatic heterocycles. The number of hydrogen-bond acceptors (Lipinski definition) is 8. The summed E-state index contributed by atoms with van der Waals surface area (Å²) in [6.45, 7) is 12.8. The molecular formula is C40H52BF2N3O8S. The first-order valence-corrected chi connectivity index (χ1v) is 20.5. The van der Waals surface area contributed by atoms with E-state index in [0.717, 1.165) is 43.2 Å². The van der Waals surface area contributed by atoms with Crippen LogP contribution in [0.5, 0.6) is 5.75 Å². The van der Waals surface area contributed by atoms with Crippen molar-refractivity contribution in [3.63, 3.8) is 0 Å². The molecule has 6 rings (SSSR count). The molecule has 0 spiro atoms. The maximum absolute atomic E-state index is 16.8. The fraction of sp³-hybridized carbons (Fsp3) is 0.550. The molecule has 55 heavy (non-hydrogen) atoms. The van der Waals surface area contributed by atoms with Gasteiger partial charge in [-0.1, -0.05) is 36.4 Å². The van der Waals surface area contributed by atoms with E-state index in [0.29, 0.717) is 16.6 Å². The molecule has 3 aliphatic rings. The molecule has 1 atom stereocenters. The number of piperidine rings is 1. The van der Waals surface area contributed by atoms with Crippen LogP contribution >= 0.6 is 0 Å². The van der Waals surface area contributed by atoms with Gasteiger partial charge >= 0.3 is 13.2 Å². The lowest BCUT2D eigenvalue weighted by Gasteiger charge is -2.36. The van der Waals surface area contributed by atoms with Gasteiger partial charge in [0.15, 0.2) is 6.04 Å². The van der Waals surface area contributed by atoms with Crippen molar-refractivity contribution in [2.24, 2.45) is 0 Å². The van der Waals surface area contributed by atoms with Crippen LogP contribution in [0.2, 0.25) is 0 Å². The Hall–Kier alpha value is -3.79. The van der Waals surface area contributed by atoms with Gasteiger partial charge in [0, 0.05) is 24.7 Å². The maximum Gasteiger partial charge on any atom is 0.494 e. The minimum Gasteiger partial charge on any atom is -0.490 e. The average molecular weight is 784 g/mol. The number of ether oxygens (including phenoxy) is 2. The Balaban J connectivity index is 1.24. The predicted molar refractivity (Wildman–Crippen MR) is 206 cm³/mol. The highest BCUT2D eigenvalue weighted by Crippen LogP contribution is 2.38. The number of alkyl halides is 2. The molecule has 1 aliphatic carbocycles. The van der Waals surface area contributed by atoms with Gasteiger partial charge in [0.1, 0.15) is 11.4 Å². The van der Waals surface area contributed by atoms with Crippen LogP contribution < -0.4 is 20.2 Å². The van der Waals surface area contributed by atoms with E-state index >= 15 is 8.78 Å². The molecule has 3 aromatic rings. The summed E-state index contributed by atoms with van der Waals surface area (Å²) < 4.78 is 87.1. The number of carbonyl (C=O) groups is 2. The van der Waals surface area contributed by atoms with Gasteiger partial charge in [-0.3, -0.25) is 4.79 Å². The fourth-order valence-corrected chi connectivity index (χ4v) is 8.28. The molecule has 2 heterocycles. The highest BCUT2D eigenvalue weighted by atomic mass is 32.2. The van der Waals surface area contributed by atoms with E-state index in [1.54, 1.807) is 39.0 Å². The molecule has 3 aromatic carbocycles. The second-order valence-electron chi connectivity index (χ2n) is 16.8. The van der Waals surface area contributed by atoms with Crippen LogP contribution in [0.3, 0.4) is 0 Å². The van der Waals surface area contributed by atoms with Crippen molar-refractivity contribution < 1.29 is 45.6 Å². The van der Waals surface area contributed by atoms with E-state index in [-0.39, 0.29) is 43.0 Å². The largest absolute Gasteiger partial charge is 0.494 e. The number of nitrogens with one attached hydrogen (secondary N) is 2. The summed E-state index contributed by atoms with van der Waals surface area (Å²) in [6, 6.07) is 12.0. The third-order valence-corrected chi connectivity index (χ3v) is 12.3. The Bertz CT molecular complexity index is 1980. The minimum absolute atomic E-state index is 0.00963. The summed E-state index contributed by atoms with van der Waals surface area (Å²) in [5, 5.41) is 4.05. The Morgan fingerprint density at radius 2 is 1.45 bits per heavy atom. The molecule has 0 radical (unpaired) electrons. The number of rotatable bonds is 10. The number of halogens is 2. The van der Waals surface area contributed by atoms with E-state index in [1.165, 1.54) is 29.2 Å². The number of benzene rings is 3. The van der Waals surface area contributed by atoms with E-state index in [9.17, 15) is 18.0 Å². The SMILES string of the molecule is CC(C)(C)OC(=O)NC1CCN(C(=O)C(NS(=O)(=O)c2ccc3cc(OC4CCCC4)ccc3c2)C(F)(F)c2ccc(B3OC(C)(C)C(C)(C)O3)cc2)CC1. The fourth-order valence-electron chi connectivity index (χ4n) is 7.05. The van der Waals surface area contributed by atoms with Crippen molar-refractivity contribution in [3.05, 3.63) is 66.2 Å². The van der Waals surface area contributed by atoms with E-state index < -0.39 is 63.5 Å². The normalized spacial score (nSPS) is 20.1. The first-order chi connectivity index (χ1) is 25.6. The molecule has 1 unspecified atom stereocenters. The summed E-state index contributed by atoms with van der Waals surface area (Å²) >= 11 is 0. The number of carbonyl (C=O) groups excluding carboxylic acids is 2. The topological polar surface area (TPSA) is 132 Å². The van der Waals surface area contributed by atoms with E-state index in [1.807, 2.05) is 33.8 Å². The second-order valence-corrected chi connectivity index (χ2v) is 18.5. The molecule has 298 valence electrons. The van der Waals surface area contributed by atoms with Gasteiger partial charge in [-0.2, -0.15) is 13.5 Å². The van der Waals surface area contributed by atoms with Crippen LogP contribution in [0.15, 0.2) is 65.6 Å². The molecular weight excluding hydrogens is 731 g/mol. The van der Waals surface area contributed by atoms with Crippen LogP contribution in [0.25, 0.3) is 10.8 Å². The summed E-state index contributed by atoms with van der Waals surface area (Å²) in [5.74, 6) is -4.41. The van der Waals surface area contributed by atoms with Crippen molar-refractivity contribution in [2.45, 2.75) is 133 Å². The molecule has 1 saturated carbocycles. The number of fused-ring (bicyclic) bond motifs is 1. The Labute approximate surface area is 323 Å². The lowest BCUT2D eigenvalue weighted by Crippen LogP contribution is -2.58. The minimum atomic E-state index is -4.67.